The Kier molecular flexibility index (Phi) is 2.39. The van der Waals surface area contributed by atoms with Crippen LogP contribution in [0, 0.1) is 0 Å². The van der Waals surface area contributed by atoms with Crippen LogP contribution in [0.5, 0.6) is 0 Å². The van der Waals surface area contributed by atoms with Gasteiger partial charge in [-0.3, -0.25) is 0 Å². The van der Waals surface area contributed by atoms with Crippen molar-refractivity contribution in [3.8, 4) is 0 Å². The minimum absolute atomic E-state index is 0.600. The number of fused-ring (bicyclic) bond motifs is 1. The summed E-state index contributed by atoms with van der Waals surface area (Å²) in [6.07, 6.45) is 0. The van der Waals surface area contributed by atoms with Gasteiger partial charge < -0.3 is 0 Å². The highest BCUT2D eigenvalue weighted by Crippen LogP contribution is 2.15. The average Bonchev–Trinajstić information content (AvgIpc) is 2.30. The minimum Gasteiger partial charge on any atom is -0.162 e. The van der Waals surface area contributed by atoms with Crippen LogP contribution in [-0.2, 0) is 33.5 Å². The lowest BCUT2D eigenvalue weighted by Gasteiger charge is -2.07. The monoisotopic (exact) mass is 255 g/mol. The maximum absolute atomic E-state index is 4.34. The lowest BCUT2D eigenvalue weighted by Crippen LogP contribution is -2.05. The molecular weight excluding hydrogens is 250 g/mol. The summed E-state index contributed by atoms with van der Waals surface area (Å²) in [5.74, 6) is 0.713. The van der Waals surface area contributed by atoms with Gasteiger partial charge in [-0.2, -0.15) is 8.76 Å². The number of hydrogen-bond acceptors (Lipinski definition) is 5. The molecule has 0 radical (unpaired) electrons. The molecule has 1 aromatic rings. The van der Waals surface area contributed by atoms with Crippen LogP contribution in [0.3, 0.4) is 0 Å². The Morgan fingerprint density at radius 2 is 1.80 bits per heavy atom. The summed E-state index contributed by atoms with van der Waals surface area (Å²) >= 11 is -0.0351. The molecule has 2 heterocycles. The Hall–Kier alpha value is -0.990. The number of amidine groups is 1. The lowest BCUT2D eigenvalue weighted by atomic mass is 10.2. The molecule has 3 rings (SSSR count). The Bertz CT molecular complexity index is 568. The van der Waals surface area contributed by atoms with Gasteiger partial charge in [0.25, 0.3) is 0 Å². The van der Waals surface area contributed by atoms with E-state index in [4.69, 9.17) is 0 Å². The van der Waals surface area contributed by atoms with Gasteiger partial charge in [0.15, 0.2) is 28.0 Å². The number of rotatable bonds is 1. The summed E-state index contributed by atoms with van der Waals surface area (Å²) in [6.45, 7) is 0. The zero-order chi connectivity index (χ0) is 10.1. The quantitative estimate of drug-likeness (QED) is 0.738. The fourth-order valence-corrected chi connectivity index (χ4v) is 4.29. The second-order valence-electron chi connectivity index (χ2n) is 2.67. The molecule has 1 aromatic carbocycles. The largest absolute Gasteiger partial charge is 0.180 e. The van der Waals surface area contributed by atoms with Gasteiger partial charge in [0, 0.05) is 5.56 Å². The molecule has 0 aromatic heterocycles. The average molecular weight is 255 g/mol. The first kappa shape index (κ1) is 9.25. The van der Waals surface area contributed by atoms with Crippen LogP contribution < -0.4 is 0 Å². The summed E-state index contributed by atoms with van der Waals surface area (Å²) in [6, 6.07) is 9.85. The summed E-state index contributed by atoms with van der Waals surface area (Å²) in [5, 5.41) is 0. The standard InChI is InChI=1S/C7H5N5S3/c1-2-4-6(5-3-1)7-8-14-10-13-11-15(9-7)12-14/h1-5H. The SMILES string of the molecule is c1ccc(C2=NS3=NS(=N2)N=S=N3)cc1. The normalized spacial score (nSPS) is 27.1. The van der Waals surface area contributed by atoms with Gasteiger partial charge in [-0.25, -0.2) is 0 Å². The number of hydrogen-bond donors (Lipinski definition) is 0. The van der Waals surface area contributed by atoms with Crippen molar-refractivity contribution in [3.63, 3.8) is 0 Å². The van der Waals surface area contributed by atoms with Crippen LogP contribution in [0.25, 0.3) is 0 Å². The fraction of sp³-hybridized carbons (Fsp3) is 0. The van der Waals surface area contributed by atoms with Crippen molar-refractivity contribution in [3.05, 3.63) is 35.9 Å². The Morgan fingerprint density at radius 3 is 2.60 bits per heavy atom. The number of benzene rings is 1. The Morgan fingerprint density at radius 1 is 1.00 bits per heavy atom. The van der Waals surface area contributed by atoms with Crippen LogP contribution in [0.1, 0.15) is 5.56 Å². The minimum atomic E-state index is -0.600. The molecule has 8 heteroatoms. The second kappa shape index (κ2) is 3.87. The van der Waals surface area contributed by atoms with Gasteiger partial charge in [-0.05, 0) is 0 Å². The van der Waals surface area contributed by atoms with Crippen molar-refractivity contribution in [2.24, 2.45) is 20.1 Å². The molecule has 2 atom stereocenters. The molecule has 2 unspecified atom stereocenters. The van der Waals surface area contributed by atoms with E-state index in [9.17, 15) is 0 Å². The van der Waals surface area contributed by atoms with Crippen LogP contribution in [0.4, 0.5) is 0 Å². The predicted molar refractivity (Wildman–Crippen MR) is 64.8 cm³/mol. The molecule has 2 bridgehead atoms. The first-order chi connectivity index (χ1) is 7.42. The van der Waals surface area contributed by atoms with E-state index in [1.54, 1.807) is 0 Å². The van der Waals surface area contributed by atoms with Crippen LogP contribution in [0.15, 0.2) is 50.4 Å². The van der Waals surface area contributed by atoms with Crippen molar-refractivity contribution < 1.29 is 0 Å². The number of nitrogens with zero attached hydrogens (tertiary/aromatic N) is 5. The zero-order valence-corrected chi connectivity index (χ0v) is 9.80. The topological polar surface area (TPSA) is 61.8 Å². The van der Waals surface area contributed by atoms with Gasteiger partial charge in [0.1, 0.15) is 0 Å². The lowest BCUT2D eigenvalue weighted by molar-refractivity contribution is 1.54. The van der Waals surface area contributed by atoms with E-state index in [1.165, 1.54) is 0 Å². The van der Waals surface area contributed by atoms with Gasteiger partial charge >= 0.3 is 0 Å². The van der Waals surface area contributed by atoms with E-state index in [2.05, 4.69) is 20.1 Å². The van der Waals surface area contributed by atoms with E-state index < -0.39 is 22.1 Å². The van der Waals surface area contributed by atoms with Crippen LogP contribution in [0.2, 0.25) is 0 Å². The summed E-state index contributed by atoms with van der Waals surface area (Å²) in [5.41, 5.74) is 1.000. The first-order valence-corrected chi connectivity index (χ1v) is 6.99. The highest BCUT2D eigenvalue weighted by atomic mass is 32.3. The maximum Gasteiger partial charge on any atom is 0.180 e. The van der Waals surface area contributed by atoms with E-state index in [-0.39, 0.29) is 0 Å². The van der Waals surface area contributed by atoms with Crippen LogP contribution in [-0.4, -0.2) is 5.84 Å². The molecule has 5 nitrogen and oxygen atoms in total. The third kappa shape index (κ3) is 1.87. The van der Waals surface area contributed by atoms with Gasteiger partial charge in [0.2, 0.25) is 0 Å². The molecule has 2 aliphatic rings. The summed E-state index contributed by atoms with van der Waals surface area (Å²) in [4.78, 5) is 0. The van der Waals surface area contributed by atoms with E-state index in [1.807, 2.05) is 30.3 Å². The highest BCUT2D eigenvalue weighted by Gasteiger charge is 2.12. The first-order valence-electron chi connectivity index (χ1n) is 4.07. The third-order valence-electron chi connectivity index (χ3n) is 1.70. The van der Waals surface area contributed by atoms with Crippen molar-refractivity contribution >= 4 is 39.3 Å². The molecule has 0 saturated carbocycles. The summed E-state index contributed by atoms with van der Waals surface area (Å²) in [7, 11) is 0. The van der Waals surface area contributed by atoms with Crippen molar-refractivity contribution in [2.75, 3.05) is 0 Å². The van der Waals surface area contributed by atoms with Gasteiger partial charge in [-0.1, -0.05) is 30.3 Å². The fourth-order valence-electron chi connectivity index (χ4n) is 1.09. The molecule has 0 spiro atoms. The van der Waals surface area contributed by atoms with Gasteiger partial charge in [-0.15, -0.1) is 11.3 Å². The third-order valence-corrected chi connectivity index (χ3v) is 5.04. The van der Waals surface area contributed by atoms with E-state index >= 15 is 0 Å². The van der Waals surface area contributed by atoms with Crippen molar-refractivity contribution in [2.45, 2.75) is 0 Å². The Balaban J connectivity index is 2.10. The Labute approximate surface area is 95.3 Å². The predicted octanol–water partition coefficient (Wildman–Crippen LogP) is 2.17. The smallest absolute Gasteiger partial charge is 0.162 e. The van der Waals surface area contributed by atoms with Crippen molar-refractivity contribution in [1.82, 2.24) is 0 Å². The molecule has 15 heavy (non-hydrogen) atoms. The molecule has 0 aliphatic carbocycles. The highest BCUT2D eigenvalue weighted by molar-refractivity contribution is 8.02. The molecule has 0 N–H and O–H groups in total. The molecule has 0 fully saturated rings. The van der Waals surface area contributed by atoms with E-state index in [0.717, 1.165) is 16.9 Å². The van der Waals surface area contributed by atoms with Crippen molar-refractivity contribution in [1.29, 1.82) is 0 Å². The molecular formula is C7H5N5S3. The maximum atomic E-state index is 4.34. The molecule has 2 aliphatic heterocycles. The summed E-state index contributed by atoms with van der Waals surface area (Å²) < 4.78 is 21.1. The van der Waals surface area contributed by atoms with Gasteiger partial charge in [0.05, 0.1) is 11.4 Å². The molecule has 0 saturated heterocycles. The molecule has 76 valence electrons. The second-order valence-corrected chi connectivity index (χ2v) is 5.96. The van der Waals surface area contributed by atoms with Crippen LogP contribution >= 0.6 is 0 Å². The zero-order valence-electron chi connectivity index (χ0n) is 7.35. The molecule has 0 amide bonds. The van der Waals surface area contributed by atoms with E-state index in [0.29, 0.717) is 5.84 Å².